The molecule has 3 aromatic rings. The molecular formula is C26H32ClN3O5. The van der Waals surface area contributed by atoms with Crippen molar-refractivity contribution in [3.8, 4) is 17.2 Å². The lowest BCUT2D eigenvalue weighted by molar-refractivity contribution is -0.0646. The number of aromatic nitrogens is 2. The number of nitrogens with zero attached hydrogens (tertiary/aromatic N) is 3. The molecule has 1 atom stereocenters. The zero-order valence-electron chi connectivity index (χ0n) is 19.9. The average Bonchev–Trinajstić information content (AvgIpc) is 3.31. The molecule has 1 aliphatic rings. The number of hydrogen-bond donors (Lipinski definition) is 1. The Labute approximate surface area is 211 Å². The number of rotatable bonds is 11. The summed E-state index contributed by atoms with van der Waals surface area (Å²) in [5, 5.41) is 11.8. The highest BCUT2D eigenvalue weighted by atomic mass is 35.5. The van der Waals surface area contributed by atoms with Crippen molar-refractivity contribution in [1.29, 1.82) is 0 Å². The topological polar surface area (TPSA) is 78.2 Å². The molecule has 2 heterocycles. The number of benzene rings is 2. The van der Waals surface area contributed by atoms with E-state index in [1.165, 1.54) is 0 Å². The van der Waals surface area contributed by atoms with Gasteiger partial charge in [0.2, 0.25) is 0 Å². The molecule has 188 valence electrons. The predicted molar refractivity (Wildman–Crippen MR) is 133 cm³/mol. The van der Waals surface area contributed by atoms with Gasteiger partial charge in [-0.3, -0.25) is 4.90 Å². The van der Waals surface area contributed by atoms with Crippen molar-refractivity contribution in [2.45, 2.75) is 25.1 Å². The molecular weight excluding hydrogens is 470 g/mol. The first-order valence-electron chi connectivity index (χ1n) is 11.7. The van der Waals surface area contributed by atoms with Gasteiger partial charge >= 0.3 is 0 Å². The maximum atomic E-state index is 11.2. The van der Waals surface area contributed by atoms with Crippen molar-refractivity contribution in [3.63, 3.8) is 0 Å². The van der Waals surface area contributed by atoms with Crippen LogP contribution >= 0.6 is 11.6 Å². The zero-order valence-corrected chi connectivity index (χ0v) is 20.7. The summed E-state index contributed by atoms with van der Waals surface area (Å²) in [6, 6.07) is 13.1. The molecule has 9 heteroatoms. The summed E-state index contributed by atoms with van der Waals surface area (Å²) in [7, 11) is 1.64. The number of imidazole rings is 1. The van der Waals surface area contributed by atoms with Gasteiger partial charge in [-0.2, -0.15) is 0 Å². The molecule has 1 aromatic heterocycles. The van der Waals surface area contributed by atoms with Crippen LogP contribution in [0, 0.1) is 0 Å². The van der Waals surface area contributed by atoms with Crippen molar-refractivity contribution in [2.24, 2.45) is 0 Å². The van der Waals surface area contributed by atoms with E-state index in [1.807, 2.05) is 29.0 Å². The highest BCUT2D eigenvalue weighted by molar-refractivity contribution is 6.30. The Bertz CT molecular complexity index is 1050. The molecule has 1 unspecified atom stereocenters. The third-order valence-electron chi connectivity index (χ3n) is 5.77. The summed E-state index contributed by atoms with van der Waals surface area (Å²) in [5.41, 5.74) is -0.0612. The smallest absolute Gasteiger partial charge is 0.161 e. The number of ether oxygens (including phenoxy) is 4. The fraction of sp³-hybridized carbons (Fsp3) is 0.423. The Balaban J connectivity index is 1.32. The van der Waals surface area contributed by atoms with Crippen LogP contribution in [0.2, 0.25) is 5.02 Å². The molecule has 0 amide bonds. The van der Waals surface area contributed by atoms with Gasteiger partial charge in [0, 0.05) is 43.6 Å². The maximum absolute atomic E-state index is 11.2. The Hall–Kier alpha value is -2.78. The van der Waals surface area contributed by atoms with E-state index in [0.29, 0.717) is 55.1 Å². The molecule has 1 saturated heterocycles. The summed E-state index contributed by atoms with van der Waals surface area (Å²) in [6.45, 7) is 4.09. The van der Waals surface area contributed by atoms with Crippen LogP contribution in [0.25, 0.3) is 0 Å². The summed E-state index contributed by atoms with van der Waals surface area (Å²) >= 11 is 5.94. The SMILES string of the molecule is COc1cc(CN2CCOCC(O)(COc3ccc(Cl)cc3)C2)ccc1OCCCn1ccnc1. The number of β-amino-alcohol motifs (C(OH)–C–C–N with tert-alkyl or cyclic N) is 1. The lowest BCUT2D eigenvalue weighted by Crippen LogP contribution is -2.48. The quantitative estimate of drug-likeness (QED) is 0.402. The van der Waals surface area contributed by atoms with Gasteiger partial charge in [-0.05, 0) is 48.4 Å². The minimum Gasteiger partial charge on any atom is -0.493 e. The van der Waals surface area contributed by atoms with Crippen LogP contribution in [0.5, 0.6) is 17.2 Å². The fourth-order valence-corrected chi connectivity index (χ4v) is 4.13. The molecule has 0 saturated carbocycles. The van der Waals surface area contributed by atoms with E-state index in [1.54, 1.807) is 43.9 Å². The monoisotopic (exact) mass is 501 g/mol. The lowest BCUT2D eigenvalue weighted by Gasteiger charge is -2.30. The van der Waals surface area contributed by atoms with Crippen LogP contribution < -0.4 is 14.2 Å². The molecule has 8 nitrogen and oxygen atoms in total. The van der Waals surface area contributed by atoms with E-state index in [9.17, 15) is 5.11 Å². The van der Waals surface area contributed by atoms with E-state index in [0.717, 1.165) is 18.5 Å². The van der Waals surface area contributed by atoms with Gasteiger partial charge in [-0.15, -0.1) is 0 Å². The van der Waals surface area contributed by atoms with Crippen molar-refractivity contribution in [2.75, 3.05) is 46.6 Å². The molecule has 1 fully saturated rings. The van der Waals surface area contributed by atoms with Crippen molar-refractivity contribution in [3.05, 3.63) is 71.8 Å². The first-order chi connectivity index (χ1) is 17.0. The van der Waals surface area contributed by atoms with Crippen LogP contribution in [0.15, 0.2) is 61.2 Å². The van der Waals surface area contributed by atoms with Crippen LogP contribution in [-0.4, -0.2) is 71.8 Å². The Morgan fingerprint density at radius 3 is 2.77 bits per heavy atom. The van der Waals surface area contributed by atoms with Gasteiger partial charge in [0.25, 0.3) is 0 Å². The van der Waals surface area contributed by atoms with Gasteiger partial charge < -0.3 is 28.6 Å². The zero-order chi connectivity index (χ0) is 24.5. The molecule has 0 aliphatic carbocycles. The van der Waals surface area contributed by atoms with Crippen LogP contribution in [0.1, 0.15) is 12.0 Å². The van der Waals surface area contributed by atoms with E-state index in [2.05, 4.69) is 9.88 Å². The van der Waals surface area contributed by atoms with Gasteiger partial charge in [-0.1, -0.05) is 17.7 Å². The Morgan fingerprint density at radius 2 is 2.00 bits per heavy atom. The molecule has 1 N–H and O–H groups in total. The van der Waals surface area contributed by atoms with Crippen molar-refractivity contribution in [1.82, 2.24) is 14.5 Å². The highest BCUT2D eigenvalue weighted by Gasteiger charge is 2.33. The largest absolute Gasteiger partial charge is 0.493 e. The second-order valence-corrected chi connectivity index (χ2v) is 9.15. The molecule has 0 radical (unpaired) electrons. The minimum absolute atomic E-state index is 0.125. The molecule has 0 bridgehead atoms. The summed E-state index contributed by atoms with van der Waals surface area (Å²) < 4.78 is 25.1. The number of aryl methyl sites for hydroxylation is 1. The van der Waals surface area contributed by atoms with Crippen LogP contribution in [-0.2, 0) is 17.8 Å². The Kier molecular flexibility index (Phi) is 8.87. The second kappa shape index (κ2) is 12.3. The fourth-order valence-electron chi connectivity index (χ4n) is 4.00. The van der Waals surface area contributed by atoms with Gasteiger partial charge in [0.15, 0.2) is 11.5 Å². The van der Waals surface area contributed by atoms with Gasteiger partial charge in [0.05, 0.1) is 33.3 Å². The number of hydrogen-bond acceptors (Lipinski definition) is 7. The van der Waals surface area contributed by atoms with Gasteiger partial charge in [0.1, 0.15) is 18.0 Å². The first-order valence-corrected chi connectivity index (χ1v) is 12.1. The maximum Gasteiger partial charge on any atom is 0.161 e. The standard InChI is InChI=1S/C26H32ClN3O5/c1-32-25-15-21(3-8-24(25)34-13-2-10-29-11-9-28-20-29)16-30-12-14-33-18-26(31,17-30)19-35-23-6-4-22(27)5-7-23/h3-9,11,15,20,31H,2,10,12-14,16-19H2,1H3. The third kappa shape index (κ3) is 7.60. The number of methoxy groups -OCH3 is 1. The van der Waals surface area contributed by atoms with Crippen LogP contribution in [0.4, 0.5) is 0 Å². The number of halogens is 1. The summed E-state index contributed by atoms with van der Waals surface area (Å²) in [6.07, 6.45) is 6.38. The normalized spacial score (nSPS) is 18.7. The predicted octanol–water partition coefficient (Wildman–Crippen LogP) is 3.66. The molecule has 0 spiro atoms. The molecule has 4 rings (SSSR count). The van der Waals surface area contributed by atoms with E-state index in [-0.39, 0.29) is 13.2 Å². The summed E-state index contributed by atoms with van der Waals surface area (Å²) in [5.74, 6) is 2.07. The first kappa shape index (κ1) is 25.3. The van der Waals surface area contributed by atoms with Crippen molar-refractivity contribution < 1.29 is 24.1 Å². The Morgan fingerprint density at radius 1 is 1.14 bits per heavy atom. The van der Waals surface area contributed by atoms with E-state index in [4.69, 9.17) is 30.5 Å². The molecule has 35 heavy (non-hydrogen) atoms. The van der Waals surface area contributed by atoms with E-state index < -0.39 is 5.60 Å². The highest BCUT2D eigenvalue weighted by Crippen LogP contribution is 2.29. The average molecular weight is 502 g/mol. The van der Waals surface area contributed by atoms with Gasteiger partial charge in [-0.25, -0.2) is 4.98 Å². The summed E-state index contributed by atoms with van der Waals surface area (Å²) in [4.78, 5) is 6.21. The third-order valence-corrected chi connectivity index (χ3v) is 6.03. The van der Waals surface area contributed by atoms with E-state index >= 15 is 0 Å². The van der Waals surface area contributed by atoms with Crippen molar-refractivity contribution >= 4 is 11.6 Å². The molecule has 2 aromatic carbocycles. The minimum atomic E-state index is -1.13. The second-order valence-electron chi connectivity index (χ2n) is 8.72. The number of aliphatic hydroxyl groups is 1. The van der Waals surface area contributed by atoms with Crippen LogP contribution in [0.3, 0.4) is 0 Å². The molecule has 1 aliphatic heterocycles. The lowest BCUT2D eigenvalue weighted by atomic mass is 10.1.